The number of likely N-dealkylation sites (tertiary alicyclic amines) is 1. The molecule has 8 heteroatoms. The minimum absolute atomic E-state index is 0.0300. The number of thioether (sulfide) groups is 1. The third-order valence-electron chi connectivity index (χ3n) is 6.27. The van der Waals surface area contributed by atoms with Gasteiger partial charge in [0.15, 0.2) is 0 Å². The maximum Gasteiger partial charge on any atom is 0.250 e. The molecule has 0 radical (unpaired) electrons. The van der Waals surface area contributed by atoms with Crippen molar-refractivity contribution >= 4 is 28.7 Å². The Morgan fingerprint density at radius 1 is 1.25 bits per heavy atom. The van der Waals surface area contributed by atoms with Crippen LogP contribution in [0.2, 0.25) is 0 Å². The van der Waals surface area contributed by atoms with Gasteiger partial charge in [-0.05, 0) is 61.5 Å². The minimum Gasteiger partial charge on any atom is -0.348 e. The smallest absolute Gasteiger partial charge is 0.250 e. The summed E-state index contributed by atoms with van der Waals surface area (Å²) in [6, 6.07) is 7.80. The van der Waals surface area contributed by atoms with E-state index < -0.39 is 0 Å². The van der Waals surface area contributed by atoms with Crippen molar-refractivity contribution in [3.63, 3.8) is 0 Å². The normalized spacial score (nSPS) is 15.3. The number of nitrogens with zero attached hydrogens (tertiary/aromatic N) is 4. The molecule has 0 saturated carbocycles. The molecule has 1 aliphatic heterocycles. The summed E-state index contributed by atoms with van der Waals surface area (Å²) >= 11 is 1.73. The number of rotatable bonds is 7. The van der Waals surface area contributed by atoms with Crippen LogP contribution in [0.15, 0.2) is 41.5 Å². The standard InChI is InChI=1S/C24H31N5O2S/c1-27(2)23(31)16-28-10-7-17(8-11-28)21-14-20-19(6-9-25-24(20)26-21)18-4-5-22(30)29(15-18)12-13-32-3/h4-6,9,14-15,17H,7-8,10-13,16H2,1-3H3,(H,25,26). The number of aromatic amines is 1. The maximum atomic E-state index is 12.2. The van der Waals surface area contributed by atoms with Crippen molar-refractivity contribution in [2.75, 3.05) is 45.7 Å². The number of fused-ring (bicyclic) bond motifs is 1. The van der Waals surface area contributed by atoms with Gasteiger partial charge in [-0.3, -0.25) is 14.5 Å². The summed E-state index contributed by atoms with van der Waals surface area (Å²) in [5.74, 6) is 1.49. The highest BCUT2D eigenvalue weighted by Crippen LogP contribution is 2.33. The van der Waals surface area contributed by atoms with Crippen molar-refractivity contribution in [1.82, 2.24) is 24.3 Å². The molecule has 4 rings (SSSR count). The zero-order chi connectivity index (χ0) is 22.7. The van der Waals surface area contributed by atoms with E-state index in [9.17, 15) is 9.59 Å². The molecule has 7 nitrogen and oxygen atoms in total. The first-order chi connectivity index (χ1) is 15.5. The minimum atomic E-state index is 0.0300. The summed E-state index contributed by atoms with van der Waals surface area (Å²) in [5, 5.41) is 1.09. The third-order valence-corrected chi connectivity index (χ3v) is 6.86. The highest BCUT2D eigenvalue weighted by molar-refractivity contribution is 7.98. The van der Waals surface area contributed by atoms with Gasteiger partial charge < -0.3 is 14.5 Å². The van der Waals surface area contributed by atoms with E-state index in [1.165, 1.54) is 5.69 Å². The molecule has 1 amide bonds. The fraction of sp³-hybridized carbons (Fsp3) is 0.458. The molecule has 1 saturated heterocycles. The van der Waals surface area contributed by atoms with Crippen molar-refractivity contribution in [2.24, 2.45) is 0 Å². The fourth-order valence-electron chi connectivity index (χ4n) is 4.31. The number of piperidine rings is 1. The molecular weight excluding hydrogens is 422 g/mol. The number of aromatic nitrogens is 3. The Bertz CT molecular complexity index is 1140. The molecule has 0 unspecified atom stereocenters. The Morgan fingerprint density at radius 3 is 2.75 bits per heavy atom. The van der Waals surface area contributed by atoms with Crippen LogP contribution in [0.5, 0.6) is 0 Å². The molecule has 0 atom stereocenters. The summed E-state index contributed by atoms with van der Waals surface area (Å²) in [6.07, 6.45) is 7.86. The zero-order valence-corrected chi connectivity index (χ0v) is 19.8. The van der Waals surface area contributed by atoms with Gasteiger partial charge in [0.05, 0.1) is 6.54 Å². The molecule has 0 aromatic carbocycles. The van der Waals surface area contributed by atoms with Crippen LogP contribution in [0.4, 0.5) is 0 Å². The van der Waals surface area contributed by atoms with Gasteiger partial charge in [-0.2, -0.15) is 11.8 Å². The number of aryl methyl sites for hydroxylation is 1. The van der Waals surface area contributed by atoms with Crippen molar-refractivity contribution in [2.45, 2.75) is 25.3 Å². The van der Waals surface area contributed by atoms with Gasteiger partial charge in [0, 0.05) is 61.9 Å². The van der Waals surface area contributed by atoms with Crippen LogP contribution in [0, 0.1) is 0 Å². The van der Waals surface area contributed by atoms with E-state index in [0.29, 0.717) is 19.0 Å². The van der Waals surface area contributed by atoms with Gasteiger partial charge in [-0.25, -0.2) is 4.98 Å². The second kappa shape index (κ2) is 9.92. The van der Waals surface area contributed by atoms with Gasteiger partial charge in [0.1, 0.15) is 5.65 Å². The number of H-pyrrole nitrogens is 1. The second-order valence-electron chi connectivity index (χ2n) is 8.63. The van der Waals surface area contributed by atoms with E-state index in [4.69, 9.17) is 0 Å². The molecular formula is C24H31N5O2S. The van der Waals surface area contributed by atoms with Crippen LogP contribution in [0.25, 0.3) is 22.2 Å². The van der Waals surface area contributed by atoms with Crippen LogP contribution in [0.3, 0.4) is 0 Å². The van der Waals surface area contributed by atoms with Crippen molar-refractivity contribution in [3.05, 3.63) is 52.7 Å². The Morgan fingerprint density at radius 2 is 2.03 bits per heavy atom. The first-order valence-corrected chi connectivity index (χ1v) is 12.5. The van der Waals surface area contributed by atoms with Crippen LogP contribution in [-0.2, 0) is 11.3 Å². The monoisotopic (exact) mass is 453 g/mol. The van der Waals surface area contributed by atoms with Gasteiger partial charge in [-0.1, -0.05) is 0 Å². The number of pyridine rings is 2. The highest BCUT2D eigenvalue weighted by Gasteiger charge is 2.24. The Labute approximate surface area is 192 Å². The molecule has 170 valence electrons. The summed E-state index contributed by atoms with van der Waals surface area (Å²) in [4.78, 5) is 36.2. The molecule has 3 aromatic rings. The molecule has 1 fully saturated rings. The SMILES string of the molecule is CSCCn1cc(-c2ccnc3[nH]c(C4CCN(CC(=O)N(C)C)CC4)cc23)ccc1=O. The zero-order valence-electron chi connectivity index (χ0n) is 19.0. The van der Waals surface area contributed by atoms with E-state index in [-0.39, 0.29) is 11.5 Å². The predicted octanol–water partition coefficient (Wildman–Crippen LogP) is 3.02. The number of hydrogen-bond donors (Lipinski definition) is 1. The number of nitrogens with one attached hydrogen (secondary N) is 1. The number of likely N-dealkylation sites (N-methyl/N-ethyl adjacent to an activating group) is 1. The summed E-state index contributed by atoms with van der Waals surface area (Å²) in [5.41, 5.74) is 4.23. The van der Waals surface area contributed by atoms with E-state index in [2.05, 4.69) is 20.9 Å². The van der Waals surface area contributed by atoms with Gasteiger partial charge in [0.2, 0.25) is 5.91 Å². The first-order valence-electron chi connectivity index (χ1n) is 11.1. The average molecular weight is 454 g/mol. The lowest BCUT2D eigenvalue weighted by atomic mass is 9.93. The van der Waals surface area contributed by atoms with E-state index >= 15 is 0 Å². The van der Waals surface area contributed by atoms with Crippen LogP contribution < -0.4 is 5.56 Å². The Hall–Kier alpha value is -2.58. The van der Waals surface area contributed by atoms with Crippen molar-refractivity contribution in [3.8, 4) is 11.1 Å². The van der Waals surface area contributed by atoms with Crippen molar-refractivity contribution < 1.29 is 4.79 Å². The lowest BCUT2D eigenvalue weighted by Gasteiger charge is -2.31. The maximum absolute atomic E-state index is 12.2. The van der Waals surface area contributed by atoms with Crippen LogP contribution >= 0.6 is 11.8 Å². The molecule has 0 bridgehead atoms. The number of amides is 1. The van der Waals surface area contributed by atoms with Gasteiger partial charge in [-0.15, -0.1) is 0 Å². The summed E-state index contributed by atoms with van der Waals surface area (Å²) in [6.45, 7) is 3.03. The highest BCUT2D eigenvalue weighted by atomic mass is 32.2. The molecule has 1 N–H and O–H groups in total. The van der Waals surface area contributed by atoms with Crippen LogP contribution in [-0.4, -0.2) is 76.0 Å². The van der Waals surface area contributed by atoms with E-state index in [0.717, 1.165) is 53.8 Å². The van der Waals surface area contributed by atoms with Gasteiger partial charge >= 0.3 is 0 Å². The van der Waals surface area contributed by atoms with Crippen LogP contribution in [0.1, 0.15) is 24.5 Å². The quantitative estimate of drug-likeness (QED) is 0.595. The van der Waals surface area contributed by atoms with E-state index in [1.54, 1.807) is 41.4 Å². The van der Waals surface area contributed by atoms with Crippen molar-refractivity contribution in [1.29, 1.82) is 0 Å². The Kier molecular flexibility index (Phi) is 7.01. The molecule has 1 aliphatic rings. The Balaban J connectivity index is 1.55. The average Bonchev–Trinajstić information content (AvgIpc) is 3.23. The van der Waals surface area contributed by atoms with E-state index in [1.807, 2.05) is 30.8 Å². The molecule has 4 heterocycles. The molecule has 0 aliphatic carbocycles. The first kappa shape index (κ1) is 22.6. The summed E-state index contributed by atoms with van der Waals surface area (Å²) in [7, 11) is 3.61. The number of carbonyl (C=O) groups is 1. The second-order valence-corrected chi connectivity index (χ2v) is 9.61. The predicted molar refractivity (Wildman–Crippen MR) is 131 cm³/mol. The third kappa shape index (κ3) is 4.91. The van der Waals surface area contributed by atoms with Gasteiger partial charge in [0.25, 0.3) is 5.56 Å². The summed E-state index contributed by atoms with van der Waals surface area (Å²) < 4.78 is 1.79. The lowest BCUT2D eigenvalue weighted by molar-refractivity contribution is -0.130. The lowest BCUT2D eigenvalue weighted by Crippen LogP contribution is -2.40. The number of carbonyl (C=O) groups excluding carboxylic acids is 1. The molecule has 0 spiro atoms. The molecule has 3 aromatic heterocycles. The fourth-order valence-corrected chi connectivity index (χ4v) is 4.69. The topological polar surface area (TPSA) is 74.2 Å². The molecule has 32 heavy (non-hydrogen) atoms. The number of hydrogen-bond acceptors (Lipinski definition) is 5. The largest absolute Gasteiger partial charge is 0.348 e.